The third kappa shape index (κ3) is 6.21. The van der Waals surface area contributed by atoms with Crippen molar-refractivity contribution in [3.05, 3.63) is 0 Å². The first-order chi connectivity index (χ1) is 8.97. The van der Waals surface area contributed by atoms with E-state index in [4.69, 9.17) is 10.5 Å². The van der Waals surface area contributed by atoms with Gasteiger partial charge in [0.05, 0.1) is 6.61 Å². The lowest BCUT2D eigenvalue weighted by Crippen LogP contribution is -2.49. The van der Waals surface area contributed by atoms with Crippen molar-refractivity contribution in [1.29, 1.82) is 0 Å². The van der Waals surface area contributed by atoms with Crippen molar-refractivity contribution in [3.8, 4) is 0 Å². The van der Waals surface area contributed by atoms with E-state index in [9.17, 15) is 0 Å². The first-order valence-electron chi connectivity index (χ1n) is 7.62. The zero-order chi connectivity index (χ0) is 14.3. The largest absolute Gasteiger partial charge is 0.381 e. The van der Waals surface area contributed by atoms with Crippen LogP contribution in [0.25, 0.3) is 0 Å². The van der Waals surface area contributed by atoms with Crippen LogP contribution in [0.1, 0.15) is 26.7 Å². The molecule has 114 valence electrons. The van der Waals surface area contributed by atoms with Gasteiger partial charge < -0.3 is 20.3 Å². The standard InChI is InChI=1S/C15H33N3O/c1-14(2)10-18(8-7-17(3)4)12-15(11-16)6-5-9-19-13-15/h14H,5-13,16H2,1-4H3. The molecule has 0 aromatic heterocycles. The summed E-state index contributed by atoms with van der Waals surface area (Å²) in [5.74, 6) is 0.696. The molecule has 0 saturated carbocycles. The average Bonchev–Trinajstić information content (AvgIpc) is 2.36. The minimum absolute atomic E-state index is 0.180. The number of ether oxygens (including phenoxy) is 1. The molecule has 1 saturated heterocycles. The molecule has 1 aliphatic heterocycles. The topological polar surface area (TPSA) is 41.7 Å². The first kappa shape index (κ1) is 16.9. The maximum atomic E-state index is 6.06. The Morgan fingerprint density at radius 2 is 2.00 bits per heavy atom. The van der Waals surface area contributed by atoms with Crippen molar-refractivity contribution >= 4 is 0 Å². The summed E-state index contributed by atoms with van der Waals surface area (Å²) in [6.07, 6.45) is 2.36. The van der Waals surface area contributed by atoms with Gasteiger partial charge >= 0.3 is 0 Å². The summed E-state index contributed by atoms with van der Waals surface area (Å²) in [6.45, 7) is 11.5. The normalized spacial score (nSPS) is 24.6. The quantitative estimate of drug-likeness (QED) is 0.722. The van der Waals surface area contributed by atoms with Gasteiger partial charge in [-0.05, 0) is 32.9 Å². The summed E-state index contributed by atoms with van der Waals surface area (Å²) in [4.78, 5) is 4.83. The number of hydrogen-bond acceptors (Lipinski definition) is 4. The lowest BCUT2D eigenvalue weighted by atomic mass is 9.82. The first-order valence-corrected chi connectivity index (χ1v) is 7.62. The molecule has 2 N–H and O–H groups in total. The number of likely N-dealkylation sites (N-methyl/N-ethyl adjacent to an activating group) is 1. The van der Waals surface area contributed by atoms with Crippen molar-refractivity contribution in [2.75, 3.05) is 60.0 Å². The fourth-order valence-electron chi connectivity index (χ4n) is 2.83. The van der Waals surface area contributed by atoms with Crippen LogP contribution < -0.4 is 5.73 Å². The third-order valence-corrected chi connectivity index (χ3v) is 3.88. The van der Waals surface area contributed by atoms with E-state index in [0.717, 1.165) is 52.4 Å². The van der Waals surface area contributed by atoms with Crippen LogP contribution in [0.15, 0.2) is 0 Å². The van der Waals surface area contributed by atoms with E-state index in [1.54, 1.807) is 0 Å². The van der Waals surface area contributed by atoms with E-state index in [-0.39, 0.29) is 5.41 Å². The number of hydrogen-bond donors (Lipinski definition) is 1. The minimum Gasteiger partial charge on any atom is -0.381 e. The molecule has 4 heteroatoms. The molecule has 19 heavy (non-hydrogen) atoms. The highest BCUT2D eigenvalue weighted by molar-refractivity contribution is 4.86. The van der Waals surface area contributed by atoms with Gasteiger partial charge in [-0.15, -0.1) is 0 Å². The lowest BCUT2D eigenvalue weighted by molar-refractivity contribution is -0.0240. The lowest BCUT2D eigenvalue weighted by Gasteiger charge is -2.40. The smallest absolute Gasteiger partial charge is 0.0546 e. The zero-order valence-electron chi connectivity index (χ0n) is 13.3. The van der Waals surface area contributed by atoms with Crippen molar-refractivity contribution < 1.29 is 4.74 Å². The molecule has 0 bridgehead atoms. The number of nitrogens with zero attached hydrogens (tertiary/aromatic N) is 2. The number of rotatable bonds is 8. The van der Waals surface area contributed by atoms with Gasteiger partial charge in [-0.2, -0.15) is 0 Å². The molecule has 1 rings (SSSR count). The Morgan fingerprint density at radius 1 is 1.26 bits per heavy atom. The van der Waals surface area contributed by atoms with E-state index >= 15 is 0 Å². The molecule has 1 heterocycles. The summed E-state index contributed by atoms with van der Waals surface area (Å²) in [5.41, 5.74) is 6.24. The van der Waals surface area contributed by atoms with E-state index < -0.39 is 0 Å². The van der Waals surface area contributed by atoms with Crippen LogP contribution in [-0.2, 0) is 4.74 Å². The molecule has 1 fully saturated rings. The monoisotopic (exact) mass is 271 g/mol. The predicted molar refractivity (Wildman–Crippen MR) is 81.4 cm³/mol. The average molecular weight is 271 g/mol. The molecule has 1 unspecified atom stereocenters. The Kier molecular flexibility index (Phi) is 7.29. The highest BCUT2D eigenvalue weighted by Gasteiger charge is 2.33. The Morgan fingerprint density at radius 3 is 2.47 bits per heavy atom. The van der Waals surface area contributed by atoms with Crippen LogP contribution in [0, 0.1) is 11.3 Å². The zero-order valence-corrected chi connectivity index (χ0v) is 13.3. The van der Waals surface area contributed by atoms with Gasteiger partial charge in [-0.25, -0.2) is 0 Å². The Hall–Kier alpha value is -0.160. The van der Waals surface area contributed by atoms with Crippen LogP contribution in [0.2, 0.25) is 0 Å². The van der Waals surface area contributed by atoms with Crippen LogP contribution in [-0.4, -0.2) is 69.8 Å². The van der Waals surface area contributed by atoms with Crippen LogP contribution in [0.5, 0.6) is 0 Å². The van der Waals surface area contributed by atoms with Crippen LogP contribution >= 0.6 is 0 Å². The van der Waals surface area contributed by atoms with Gasteiger partial charge in [0.25, 0.3) is 0 Å². The van der Waals surface area contributed by atoms with E-state index in [2.05, 4.69) is 37.7 Å². The fourth-order valence-corrected chi connectivity index (χ4v) is 2.83. The highest BCUT2D eigenvalue weighted by Crippen LogP contribution is 2.28. The van der Waals surface area contributed by atoms with Crippen molar-refractivity contribution in [2.45, 2.75) is 26.7 Å². The van der Waals surface area contributed by atoms with Gasteiger partial charge in [0, 0.05) is 44.7 Å². The molecular weight excluding hydrogens is 238 g/mol. The van der Waals surface area contributed by atoms with Crippen molar-refractivity contribution in [3.63, 3.8) is 0 Å². The summed E-state index contributed by atoms with van der Waals surface area (Å²) < 4.78 is 5.69. The summed E-state index contributed by atoms with van der Waals surface area (Å²) in [6, 6.07) is 0. The molecule has 0 radical (unpaired) electrons. The maximum Gasteiger partial charge on any atom is 0.0546 e. The van der Waals surface area contributed by atoms with E-state index in [0.29, 0.717) is 5.92 Å². The molecule has 0 spiro atoms. The van der Waals surface area contributed by atoms with Crippen molar-refractivity contribution in [1.82, 2.24) is 9.80 Å². The SMILES string of the molecule is CC(C)CN(CCN(C)C)CC1(CN)CCCOC1. The predicted octanol–water partition coefficient (Wildman–Crippen LogP) is 1.26. The summed E-state index contributed by atoms with van der Waals surface area (Å²) in [5, 5.41) is 0. The minimum atomic E-state index is 0.180. The van der Waals surface area contributed by atoms with Gasteiger partial charge in [0.2, 0.25) is 0 Å². The molecule has 1 aliphatic rings. The third-order valence-electron chi connectivity index (χ3n) is 3.88. The second-order valence-electron chi connectivity index (χ2n) is 6.79. The van der Waals surface area contributed by atoms with Gasteiger partial charge in [-0.3, -0.25) is 0 Å². The van der Waals surface area contributed by atoms with E-state index in [1.165, 1.54) is 6.42 Å². The summed E-state index contributed by atoms with van der Waals surface area (Å²) >= 11 is 0. The van der Waals surface area contributed by atoms with E-state index in [1.807, 2.05) is 0 Å². The van der Waals surface area contributed by atoms with Crippen LogP contribution in [0.4, 0.5) is 0 Å². The summed E-state index contributed by atoms with van der Waals surface area (Å²) in [7, 11) is 4.27. The molecule has 0 amide bonds. The highest BCUT2D eigenvalue weighted by atomic mass is 16.5. The maximum absolute atomic E-state index is 6.06. The molecular formula is C15H33N3O. The Bertz CT molecular complexity index is 238. The second kappa shape index (κ2) is 8.20. The molecule has 0 aromatic rings. The molecule has 0 aliphatic carbocycles. The van der Waals surface area contributed by atoms with Crippen molar-refractivity contribution in [2.24, 2.45) is 17.1 Å². The second-order valence-corrected chi connectivity index (χ2v) is 6.79. The molecule has 0 aromatic carbocycles. The molecule has 1 atom stereocenters. The van der Waals surface area contributed by atoms with Crippen LogP contribution in [0.3, 0.4) is 0 Å². The Labute approximate surface area is 119 Å². The van der Waals surface area contributed by atoms with Gasteiger partial charge in [0.1, 0.15) is 0 Å². The van der Waals surface area contributed by atoms with Gasteiger partial charge in [0.15, 0.2) is 0 Å². The molecule has 4 nitrogen and oxygen atoms in total. The fraction of sp³-hybridized carbons (Fsp3) is 1.00. The number of nitrogens with two attached hydrogens (primary N) is 1. The Balaban J connectivity index is 2.57. The van der Waals surface area contributed by atoms with Gasteiger partial charge in [-0.1, -0.05) is 13.8 Å².